The normalized spacial score (nSPS) is 10.1. The number of rotatable bonds is 3. The van der Waals surface area contributed by atoms with Crippen molar-refractivity contribution < 1.29 is 8.42 Å². The molecule has 0 saturated heterocycles. The first-order chi connectivity index (χ1) is 8.48. The van der Waals surface area contributed by atoms with Crippen molar-refractivity contribution >= 4 is 15.7 Å². The van der Waals surface area contributed by atoms with Crippen molar-refractivity contribution in [2.75, 3.05) is 17.0 Å². The Morgan fingerprint density at radius 1 is 1.44 bits per heavy atom. The van der Waals surface area contributed by atoms with Gasteiger partial charge in [-0.05, 0) is 24.6 Å². The summed E-state index contributed by atoms with van der Waals surface area (Å²) in [5, 5.41) is 8.42. The highest BCUT2D eigenvalue weighted by Gasteiger charge is 2.11. The predicted octanol–water partition coefficient (Wildman–Crippen LogP) is 0.571. The quantitative estimate of drug-likeness (QED) is 0.779. The first kappa shape index (κ1) is 14.0. The zero-order chi connectivity index (χ0) is 13.6. The number of benzene rings is 1. The third-order valence-corrected chi connectivity index (χ3v) is 3.06. The lowest BCUT2D eigenvalue weighted by Gasteiger charge is -2.08. The molecule has 0 radical (unpaired) electrons. The van der Waals surface area contributed by atoms with E-state index in [4.69, 9.17) is 11.0 Å². The minimum atomic E-state index is -3.66. The molecule has 18 heavy (non-hydrogen) atoms. The molecule has 0 saturated carbocycles. The minimum absolute atomic E-state index is 0.193. The Kier molecular flexibility index (Phi) is 4.73. The number of anilines is 1. The smallest absolute Gasteiger partial charge is 0.246 e. The van der Waals surface area contributed by atoms with Gasteiger partial charge in [-0.3, -0.25) is 4.72 Å². The third-order valence-electron chi connectivity index (χ3n) is 2.02. The SMILES string of the molecule is Cc1ccc(NS(=O)(=O)CC#N)c(C#CCN)c1. The highest BCUT2D eigenvalue weighted by atomic mass is 32.2. The fraction of sp³-hybridized carbons (Fsp3) is 0.250. The van der Waals surface area contributed by atoms with E-state index in [1.54, 1.807) is 24.3 Å². The monoisotopic (exact) mass is 263 g/mol. The van der Waals surface area contributed by atoms with E-state index in [0.29, 0.717) is 11.3 Å². The van der Waals surface area contributed by atoms with Gasteiger partial charge < -0.3 is 5.73 Å². The zero-order valence-electron chi connectivity index (χ0n) is 9.90. The van der Waals surface area contributed by atoms with Crippen molar-refractivity contribution in [3.63, 3.8) is 0 Å². The largest absolute Gasteiger partial charge is 0.320 e. The molecule has 5 nitrogen and oxygen atoms in total. The lowest BCUT2D eigenvalue weighted by atomic mass is 10.1. The molecule has 0 atom stereocenters. The molecular weight excluding hydrogens is 250 g/mol. The highest BCUT2D eigenvalue weighted by Crippen LogP contribution is 2.17. The predicted molar refractivity (Wildman–Crippen MR) is 70.1 cm³/mol. The molecule has 1 rings (SSSR count). The standard InChI is InChI=1S/C12H13N3O2S/c1-10-4-5-12(11(9-10)3-2-6-13)15-18(16,17)8-7-14/h4-5,9,15H,6,8,13H2,1H3. The maximum Gasteiger partial charge on any atom is 0.246 e. The van der Waals surface area contributed by atoms with E-state index < -0.39 is 15.8 Å². The Bertz CT molecular complexity index is 634. The van der Waals surface area contributed by atoms with Crippen molar-refractivity contribution in [2.24, 2.45) is 5.73 Å². The molecule has 3 N–H and O–H groups in total. The average Bonchev–Trinajstić information content (AvgIpc) is 2.29. The van der Waals surface area contributed by atoms with Gasteiger partial charge in [-0.1, -0.05) is 17.9 Å². The Hall–Kier alpha value is -2.02. The van der Waals surface area contributed by atoms with Crippen LogP contribution in [0.3, 0.4) is 0 Å². The number of nitrogens with zero attached hydrogens (tertiary/aromatic N) is 1. The second kappa shape index (κ2) is 6.06. The van der Waals surface area contributed by atoms with Crippen molar-refractivity contribution in [1.29, 1.82) is 5.26 Å². The van der Waals surface area contributed by atoms with Crippen molar-refractivity contribution in [3.05, 3.63) is 29.3 Å². The van der Waals surface area contributed by atoms with Crippen LogP contribution in [-0.2, 0) is 10.0 Å². The number of nitrogens with one attached hydrogen (secondary N) is 1. The lowest BCUT2D eigenvalue weighted by Crippen LogP contribution is -2.16. The second-order valence-electron chi connectivity index (χ2n) is 3.57. The van der Waals surface area contributed by atoms with Crippen LogP contribution in [0.25, 0.3) is 0 Å². The molecule has 1 aromatic carbocycles. The fourth-order valence-corrected chi connectivity index (χ4v) is 2.04. The molecule has 0 aliphatic rings. The molecule has 0 fully saturated rings. The number of sulfonamides is 1. The average molecular weight is 263 g/mol. The Balaban J connectivity index is 3.14. The fourth-order valence-electron chi connectivity index (χ4n) is 1.29. The summed E-state index contributed by atoms with van der Waals surface area (Å²) in [6, 6.07) is 6.73. The molecule has 0 amide bonds. The second-order valence-corrected chi connectivity index (χ2v) is 5.30. The van der Waals surface area contributed by atoms with Crippen molar-refractivity contribution in [2.45, 2.75) is 6.92 Å². The molecule has 0 heterocycles. The van der Waals surface area contributed by atoms with Gasteiger partial charge in [0.25, 0.3) is 0 Å². The summed E-state index contributed by atoms with van der Waals surface area (Å²) in [5.41, 5.74) is 7.14. The summed E-state index contributed by atoms with van der Waals surface area (Å²) in [7, 11) is -3.66. The van der Waals surface area contributed by atoms with E-state index >= 15 is 0 Å². The third kappa shape index (κ3) is 4.10. The number of aryl methyl sites for hydroxylation is 1. The van der Waals surface area contributed by atoms with Gasteiger partial charge >= 0.3 is 0 Å². The van der Waals surface area contributed by atoms with E-state index in [-0.39, 0.29) is 6.54 Å². The van der Waals surface area contributed by atoms with Crippen LogP contribution in [0, 0.1) is 30.1 Å². The van der Waals surface area contributed by atoms with E-state index in [9.17, 15) is 8.42 Å². The van der Waals surface area contributed by atoms with Crippen LogP contribution in [0.5, 0.6) is 0 Å². The summed E-state index contributed by atoms with van der Waals surface area (Å²) in [6.45, 7) is 2.07. The van der Waals surface area contributed by atoms with Gasteiger partial charge in [0, 0.05) is 5.56 Å². The summed E-state index contributed by atoms with van der Waals surface area (Å²) >= 11 is 0. The molecule has 0 aliphatic heterocycles. The first-order valence-electron chi connectivity index (χ1n) is 5.15. The molecule has 0 unspecified atom stereocenters. The molecule has 0 aliphatic carbocycles. The number of hydrogen-bond acceptors (Lipinski definition) is 4. The highest BCUT2D eigenvalue weighted by molar-refractivity contribution is 7.92. The van der Waals surface area contributed by atoms with Crippen LogP contribution in [0.4, 0.5) is 5.69 Å². The Morgan fingerprint density at radius 3 is 2.78 bits per heavy atom. The summed E-state index contributed by atoms with van der Waals surface area (Å²) in [4.78, 5) is 0. The van der Waals surface area contributed by atoms with Gasteiger partial charge in [0.05, 0.1) is 18.3 Å². The Labute approximate surface area is 107 Å². The van der Waals surface area contributed by atoms with Gasteiger partial charge in [-0.15, -0.1) is 0 Å². The molecule has 0 spiro atoms. The molecule has 0 bridgehead atoms. The summed E-state index contributed by atoms with van der Waals surface area (Å²) < 4.78 is 25.3. The topological polar surface area (TPSA) is 96.0 Å². The van der Waals surface area contributed by atoms with Crippen molar-refractivity contribution in [1.82, 2.24) is 0 Å². The van der Waals surface area contributed by atoms with Crippen LogP contribution in [0.1, 0.15) is 11.1 Å². The molecule has 94 valence electrons. The van der Waals surface area contributed by atoms with Gasteiger partial charge in [-0.25, -0.2) is 8.42 Å². The van der Waals surface area contributed by atoms with Crippen molar-refractivity contribution in [3.8, 4) is 17.9 Å². The van der Waals surface area contributed by atoms with E-state index in [1.807, 2.05) is 6.92 Å². The minimum Gasteiger partial charge on any atom is -0.320 e. The van der Waals surface area contributed by atoms with E-state index in [1.165, 1.54) is 0 Å². The number of nitrogens with two attached hydrogens (primary N) is 1. The van der Waals surface area contributed by atoms with Crippen LogP contribution >= 0.6 is 0 Å². The van der Waals surface area contributed by atoms with Gasteiger partial charge in [0.1, 0.15) is 0 Å². The Morgan fingerprint density at radius 2 is 2.17 bits per heavy atom. The maximum atomic E-state index is 11.5. The lowest BCUT2D eigenvalue weighted by molar-refractivity contribution is 0.604. The van der Waals surface area contributed by atoms with Gasteiger partial charge in [-0.2, -0.15) is 5.26 Å². The van der Waals surface area contributed by atoms with Crippen LogP contribution in [-0.4, -0.2) is 20.7 Å². The summed E-state index contributed by atoms with van der Waals surface area (Å²) in [5.74, 6) is 4.87. The molecule has 1 aromatic rings. The molecule has 0 aromatic heterocycles. The van der Waals surface area contributed by atoms with Gasteiger partial charge in [0.15, 0.2) is 5.75 Å². The van der Waals surface area contributed by atoms with E-state index in [2.05, 4.69) is 16.6 Å². The summed E-state index contributed by atoms with van der Waals surface area (Å²) in [6.07, 6.45) is 0. The van der Waals surface area contributed by atoms with Crippen LogP contribution in [0.2, 0.25) is 0 Å². The van der Waals surface area contributed by atoms with Crippen LogP contribution < -0.4 is 10.5 Å². The maximum absolute atomic E-state index is 11.5. The zero-order valence-corrected chi connectivity index (χ0v) is 10.7. The first-order valence-corrected chi connectivity index (χ1v) is 6.81. The molecular formula is C12H13N3O2S. The van der Waals surface area contributed by atoms with Crippen LogP contribution in [0.15, 0.2) is 18.2 Å². The van der Waals surface area contributed by atoms with Gasteiger partial charge in [0.2, 0.25) is 10.0 Å². The number of hydrogen-bond donors (Lipinski definition) is 2. The molecule has 6 heteroatoms. The number of nitriles is 1. The van der Waals surface area contributed by atoms with E-state index in [0.717, 1.165) is 5.56 Å².